The van der Waals surface area contributed by atoms with Crippen LogP contribution in [-0.4, -0.2) is 21.3 Å². The average molecular weight is 420 g/mol. The highest BCUT2D eigenvalue weighted by Gasteiger charge is 2.20. The van der Waals surface area contributed by atoms with Crippen LogP contribution >= 0.6 is 45.2 Å². The summed E-state index contributed by atoms with van der Waals surface area (Å²) in [4.78, 5) is 10.5. The Kier molecular flexibility index (Phi) is 3.95. The summed E-state index contributed by atoms with van der Waals surface area (Å²) in [6.07, 6.45) is -1.68. The van der Waals surface area contributed by atoms with Crippen LogP contribution < -0.4 is 0 Å². The van der Waals surface area contributed by atoms with E-state index >= 15 is 0 Å². The van der Waals surface area contributed by atoms with Gasteiger partial charge in [-0.1, -0.05) is 0 Å². The van der Waals surface area contributed by atoms with Gasteiger partial charge >= 0.3 is 5.97 Å². The summed E-state index contributed by atoms with van der Waals surface area (Å²) in [6.45, 7) is 0. The van der Waals surface area contributed by atoms with Crippen LogP contribution in [0.2, 0.25) is 0 Å². The zero-order chi connectivity index (χ0) is 10.9. The molecule has 0 aliphatic rings. The van der Waals surface area contributed by atoms with Gasteiger partial charge in [-0.05, 0) is 57.3 Å². The third-order valence-corrected chi connectivity index (χ3v) is 4.42. The van der Waals surface area contributed by atoms with E-state index in [1.807, 2.05) is 45.2 Å². The highest BCUT2D eigenvalue weighted by Crippen LogP contribution is 2.29. The molecule has 0 aromatic heterocycles. The SMILES string of the molecule is O=C(O)C(O)c1cc(I)c(I)cc1O. The minimum atomic E-state index is -1.68. The summed E-state index contributed by atoms with van der Waals surface area (Å²) in [5.41, 5.74) is 0.0160. The second kappa shape index (κ2) is 4.62. The third kappa shape index (κ3) is 2.48. The second-order valence-electron chi connectivity index (χ2n) is 2.57. The maximum absolute atomic E-state index is 10.5. The fourth-order valence-electron chi connectivity index (χ4n) is 0.904. The molecule has 0 bridgehead atoms. The molecular formula is C8H6I2O4. The molecule has 76 valence electrons. The Morgan fingerprint density at radius 2 is 1.79 bits per heavy atom. The smallest absolute Gasteiger partial charge is 0.337 e. The highest BCUT2D eigenvalue weighted by molar-refractivity contribution is 14.1. The molecule has 3 N–H and O–H groups in total. The van der Waals surface area contributed by atoms with Gasteiger partial charge in [0.25, 0.3) is 0 Å². The molecule has 0 heterocycles. The molecule has 0 spiro atoms. The van der Waals surface area contributed by atoms with Crippen molar-refractivity contribution in [2.45, 2.75) is 6.10 Å². The highest BCUT2D eigenvalue weighted by atomic mass is 127. The Morgan fingerprint density at radius 3 is 2.29 bits per heavy atom. The summed E-state index contributed by atoms with van der Waals surface area (Å²) in [5, 5.41) is 27.2. The number of hydrogen-bond acceptors (Lipinski definition) is 3. The van der Waals surface area contributed by atoms with Gasteiger partial charge in [0.1, 0.15) is 5.75 Å². The Hall–Kier alpha value is -0.0900. The number of hydrogen-bond donors (Lipinski definition) is 3. The lowest BCUT2D eigenvalue weighted by Crippen LogP contribution is -2.11. The molecule has 1 rings (SSSR count). The van der Waals surface area contributed by atoms with Crippen molar-refractivity contribution in [3.63, 3.8) is 0 Å². The molecule has 1 atom stereocenters. The molecular weight excluding hydrogens is 414 g/mol. The monoisotopic (exact) mass is 420 g/mol. The molecule has 0 aliphatic heterocycles. The lowest BCUT2D eigenvalue weighted by atomic mass is 10.1. The van der Waals surface area contributed by atoms with Crippen LogP contribution in [-0.2, 0) is 4.79 Å². The average Bonchev–Trinajstić information content (AvgIpc) is 2.10. The predicted molar refractivity (Wildman–Crippen MR) is 66.1 cm³/mol. The van der Waals surface area contributed by atoms with Gasteiger partial charge in [-0.2, -0.15) is 0 Å². The zero-order valence-corrected chi connectivity index (χ0v) is 11.1. The number of phenols is 1. The van der Waals surface area contributed by atoms with Crippen molar-refractivity contribution in [1.29, 1.82) is 0 Å². The molecule has 1 aromatic carbocycles. The van der Waals surface area contributed by atoms with Crippen molar-refractivity contribution in [2.24, 2.45) is 0 Å². The molecule has 1 unspecified atom stereocenters. The van der Waals surface area contributed by atoms with E-state index in [1.165, 1.54) is 12.1 Å². The van der Waals surface area contributed by atoms with Gasteiger partial charge in [0, 0.05) is 12.7 Å². The Balaban J connectivity index is 3.22. The summed E-state index contributed by atoms with van der Waals surface area (Å²) in [6, 6.07) is 2.88. The van der Waals surface area contributed by atoms with Gasteiger partial charge in [-0.3, -0.25) is 0 Å². The number of phenolic OH excluding ortho intramolecular Hbond substituents is 1. The molecule has 6 heteroatoms. The van der Waals surface area contributed by atoms with Crippen molar-refractivity contribution >= 4 is 51.2 Å². The first kappa shape index (κ1) is 12.0. The van der Waals surface area contributed by atoms with E-state index < -0.39 is 12.1 Å². The fourth-order valence-corrected chi connectivity index (χ4v) is 1.85. The first-order valence-electron chi connectivity index (χ1n) is 3.52. The van der Waals surface area contributed by atoms with Gasteiger partial charge in [0.05, 0.1) is 0 Å². The summed E-state index contributed by atoms with van der Waals surface area (Å²) < 4.78 is 1.60. The molecule has 0 amide bonds. The second-order valence-corrected chi connectivity index (χ2v) is 4.89. The molecule has 14 heavy (non-hydrogen) atoms. The third-order valence-electron chi connectivity index (χ3n) is 1.60. The van der Waals surface area contributed by atoms with E-state index in [2.05, 4.69) is 0 Å². The Morgan fingerprint density at radius 1 is 1.29 bits per heavy atom. The minimum absolute atomic E-state index is 0.0160. The number of halogens is 2. The van der Waals surface area contributed by atoms with Crippen LogP contribution in [0.4, 0.5) is 0 Å². The number of aliphatic carboxylic acids is 1. The topological polar surface area (TPSA) is 77.8 Å². The number of carboxylic acids is 1. The number of aromatic hydroxyl groups is 1. The lowest BCUT2D eigenvalue weighted by molar-refractivity contribution is -0.147. The van der Waals surface area contributed by atoms with Crippen molar-refractivity contribution in [3.8, 4) is 5.75 Å². The maximum atomic E-state index is 10.5. The summed E-state index contributed by atoms with van der Waals surface area (Å²) in [7, 11) is 0. The Labute approximate surface area is 107 Å². The first-order valence-corrected chi connectivity index (χ1v) is 5.68. The van der Waals surface area contributed by atoms with Gasteiger partial charge in [-0.25, -0.2) is 4.79 Å². The predicted octanol–water partition coefficient (Wildman–Crippen LogP) is 1.72. The van der Waals surface area contributed by atoms with Crippen LogP contribution in [0.15, 0.2) is 12.1 Å². The van der Waals surface area contributed by atoms with Crippen LogP contribution in [0.3, 0.4) is 0 Å². The minimum Gasteiger partial charge on any atom is -0.508 e. The first-order chi connectivity index (χ1) is 6.43. The molecule has 0 saturated carbocycles. The van der Waals surface area contributed by atoms with Crippen molar-refractivity contribution in [1.82, 2.24) is 0 Å². The number of aliphatic hydroxyl groups excluding tert-OH is 1. The molecule has 0 fully saturated rings. The Bertz CT molecular complexity index is 378. The van der Waals surface area contributed by atoms with Gasteiger partial charge < -0.3 is 15.3 Å². The molecule has 0 aliphatic carbocycles. The molecule has 4 nitrogen and oxygen atoms in total. The lowest BCUT2D eigenvalue weighted by Gasteiger charge is -2.09. The van der Waals surface area contributed by atoms with Crippen molar-refractivity contribution in [3.05, 3.63) is 24.8 Å². The van der Waals surface area contributed by atoms with Gasteiger partial charge in [-0.15, -0.1) is 0 Å². The largest absolute Gasteiger partial charge is 0.508 e. The molecule has 0 saturated heterocycles. The standard InChI is InChI=1S/C8H6I2O4/c9-4-1-3(7(12)8(13)14)6(11)2-5(4)10/h1-2,7,11-12H,(H,13,14). The normalized spacial score (nSPS) is 12.5. The van der Waals surface area contributed by atoms with Crippen molar-refractivity contribution in [2.75, 3.05) is 0 Å². The van der Waals surface area contributed by atoms with Gasteiger partial charge in [0.15, 0.2) is 6.10 Å². The fraction of sp³-hybridized carbons (Fsp3) is 0.125. The number of carbonyl (C=O) groups is 1. The van der Waals surface area contributed by atoms with Crippen LogP contribution in [0.25, 0.3) is 0 Å². The summed E-state index contributed by atoms with van der Waals surface area (Å²) >= 11 is 4.01. The quantitative estimate of drug-likeness (QED) is 0.638. The molecule has 1 aromatic rings. The van der Waals surface area contributed by atoms with Gasteiger partial charge in [0.2, 0.25) is 0 Å². The van der Waals surface area contributed by atoms with E-state index in [0.29, 0.717) is 0 Å². The number of rotatable bonds is 2. The van der Waals surface area contributed by atoms with E-state index in [1.54, 1.807) is 0 Å². The summed E-state index contributed by atoms with van der Waals surface area (Å²) in [5.74, 6) is -1.58. The molecule has 0 radical (unpaired) electrons. The maximum Gasteiger partial charge on any atom is 0.337 e. The zero-order valence-electron chi connectivity index (χ0n) is 6.74. The van der Waals surface area contributed by atoms with Crippen LogP contribution in [0.5, 0.6) is 5.75 Å². The van der Waals surface area contributed by atoms with Crippen LogP contribution in [0.1, 0.15) is 11.7 Å². The number of aliphatic hydroxyl groups is 1. The van der Waals surface area contributed by atoms with E-state index in [9.17, 15) is 15.0 Å². The number of benzene rings is 1. The van der Waals surface area contributed by atoms with E-state index in [0.717, 1.165) is 7.14 Å². The van der Waals surface area contributed by atoms with E-state index in [4.69, 9.17) is 5.11 Å². The van der Waals surface area contributed by atoms with E-state index in [-0.39, 0.29) is 11.3 Å². The number of carboxylic acid groups (broad SMARTS) is 1. The van der Waals surface area contributed by atoms with Crippen LogP contribution in [0, 0.1) is 7.14 Å². The van der Waals surface area contributed by atoms with Crippen molar-refractivity contribution < 1.29 is 20.1 Å².